The lowest BCUT2D eigenvalue weighted by atomic mass is 9.41. The van der Waals surface area contributed by atoms with Crippen molar-refractivity contribution >= 4 is 0 Å². The Morgan fingerprint density at radius 2 is 1.74 bits per heavy atom. The second-order valence-corrected chi connectivity index (χ2v) is 17.7. The average Bonchev–Trinajstić information content (AvgIpc) is 3.58. The van der Waals surface area contributed by atoms with Gasteiger partial charge in [-0.25, -0.2) is 0 Å². The molecule has 1 unspecified atom stereocenters. The summed E-state index contributed by atoms with van der Waals surface area (Å²) in [6.45, 7) is 20.9. The normalized spacial score (nSPS) is 54.4. The van der Waals surface area contributed by atoms with Crippen LogP contribution >= 0.6 is 0 Å². The summed E-state index contributed by atoms with van der Waals surface area (Å²) in [5.41, 5.74) is -0.354. The molecule has 2 aliphatic heterocycles. The summed E-state index contributed by atoms with van der Waals surface area (Å²) in [5, 5.41) is 27.0. The lowest BCUT2D eigenvalue weighted by Gasteiger charge is -2.64. The van der Waals surface area contributed by atoms with E-state index in [9.17, 15) is 10.2 Å². The van der Waals surface area contributed by atoms with Crippen molar-refractivity contribution in [1.29, 1.82) is 0 Å². The van der Waals surface area contributed by atoms with Crippen molar-refractivity contribution in [2.75, 3.05) is 26.3 Å². The smallest absolute Gasteiger partial charge is 0.170 e. The van der Waals surface area contributed by atoms with Crippen LogP contribution in [0.1, 0.15) is 107 Å². The molecule has 5 aliphatic carbocycles. The summed E-state index contributed by atoms with van der Waals surface area (Å²) in [7, 11) is 0. The number of nitrogens with one attached hydrogen (secondary N) is 1. The highest BCUT2D eigenvalue weighted by atomic mass is 16.7. The molecule has 7 fully saturated rings. The number of hydrogen-bond donors (Lipinski definition) is 3. The summed E-state index contributed by atoms with van der Waals surface area (Å²) < 4.78 is 25.7. The highest BCUT2D eigenvalue weighted by Crippen LogP contribution is 2.89. The topological polar surface area (TPSA) is 89.4 Å². The molecule has 2 spiro atoms. The summed E-state index contributed by atoms with van der Waals surface area (Å²) in [4.78, 5) is 0. The van der Waals surface area contributed by atoms with E-state index in [1.807, 2.05) is 20.8 Å². The molecule has 0 amide bonds. The molecule has 7 nitrogen and oxygen atoms in total. The molecule has 5 saturated carbocycles. The van der Waals surface area contributed by atoms with Gasteiger partial charge in [-0.05, 0) is 117 Å². The summed E-state index contributed by atoms with van der Waals surface area (Å²) in [6, 6.07) is 0. The van der Waals surface area contributed by atoms with Gasteiger partial charge in [0.25, 0.3) is 0 Å². The van der Waals surface area contributed by atoms with Gasteiger partial charge in [-0.1, -0.05) is 34.6 Å². The molecule has 0 aromatic carbocycles. The zero-order valence-corrected chi connectivity index (χ0v) is 28.3. The predicted octanol–water partition coefficient (Wildman–Crippen LogP) is 5.31. The van der Waals surface area contributed by atoms with E-state index in [0.29, 0.717) is 41.1 Å². The van der Waals surface area contributed by atoms with Gasteiger partial charge in [0.2, 0.25) is 0 Å². The van der Waals surface area contributed by atoms with E-state index in [1.54, 1.807) is 0 Å². The molecule has 2 heterocycles. The van der Waals surface area contributed by atoms with Gasteiger partial charge in [-0.2, -0.15) is 0 Å². The molecule has 7 rings (SSSR count). The van der Waals surface area contributed by atoms with Crippen LogP contribution in [0.5, 0.6) is 0 Å². The zero-order valence-electron chi connectivity index (χ0n) is 28.3. The van der Waals surface area contributed by atoms with Crippen molar-refractivity contribution in [2.24, 2.45) is 50.7 Å². The lowest BCUT2D eigenvalue weighted by molar-refractivity contribution is -0.237. The van der Waals surface area contributed by atoms with Crippen LogP contribution in [-0.4, -0.2) is 78.9 Å². The van der Waals surface area contributed by atoms with Gasteiger partial charge in [0.1, 0.15) is 6.10 Å². The summed E-state index contributed by atoms with van der Waals surface area (Å²) in [6.07, 6.45) is 8.19. The van der Waals surface area contributed by atoms with Crippen molar-refractivity contribution in [3.05, 3.63) is 0 Å². The van der Waals surface area contributed by atoms with E-state index in [1.165, 1.54) is 38.5 Å². The van der Waals surface area contributed by atoms with Crippen molar-refractivity contribution in [1.82, 2.24) is 5.32 Å². The molecule has 7 heteroatoms. The van der Waals surface area contributed by atoms with Gasteiger partial charge in [0, 0.05) is 25.1 Å². The Bertz CT molecular complexity index is 1070. The second-order valence-electron chi connectivity index (χ2n) is 17.7. The molecule has 2 saturated heterocycles. The van der Waals surface area contributed by atoms with Gasteiger partial charge < -0.3 is 34.5 Å². The number of morpholine rings is 1. The van der Waals surface area contributed by atoms with E-state index in [-0.39, 0.29) is 40.8 Å². The maximum atomic E-state index is 12.5. The Morgan fingerprint density at radius 1 is 1.02 bits per heavy atom. The number of aliphatic hydroxyl groups is 2. The number of rotatable bonds is 6. The number of fused-ring (bicyclic) bond motifs is 4. The van der Waals surface area contributed by atoms with E-state index in [4.69, 9.17) is 18.9 Å². The molecular weight excluding hydrogens is 542 g/mol. The summed E-state index contributed by atoms with van der Waals surface area (Å²) in [5.74, 6) is 1.89. The highest BCUT2D eigenvalue weighted by molar-refractivity contribution is 5.33. The Hall–Kier alpha value is -0.280. The Morgan fingerprint density at radius 3 is 2.42 bits per heavy atom. The van der Waals surface area contributed by atoms with Crippen LogP contribution in [-0.2, 0) is 18.9 Å². The van der Waals surface area contributed by atoms with E-state index in [2.05, 4.69) is 39.9 Å². The maximum Gasteiger partial charge on any atom is 0.170 e. The number of ether oxygens (including phenoxy) is 4. The predicted molar refractivity (Wildman–Crippen MR) is 165 cm³/mol. The number of aliphatic hydroxyl groups excluding tert-OH is 1. The Kier molecular flexibility index (Phi) is 7.37. The molecule has 43 heavy (non-hydrogen) atoms. The van der Waals surface area contributed by atoms with Crippen LogP contribution in [0, 0.1) is 50.7 Å². The van der Waals surface area contributed by atoms with Crippen molar-refractivity contribution < 1.29 is 29.2 Å². The van der Waals surface area contributed by atoms with Crippen molar-refractivity contribution in [3.63, 3.8) is 0 Å². The molecule has 7 aliphatic rings. The fourth-order valence-corrected chi connectivity index (χ4v) is 13.5. The lowest BCUT2D eigenvalue weighted by Crippen LogP contribution is -2.60. The molecule has 0 aromatic heterocycles. The van der Waals surface area contributed by atoms with E-state index < -0.39 is 17.8 Å². The monoisotopic (exact) mass is 603 g/mol. The molecule has 0 bridgehead atoms. The van der Waals surface area contributed by atoms with Crippen LogP contribution in [0.3, 0.4) is 0 Å². The molecule has 14 atom stereocenters. The first-order valence-electron chi connectivity index (χ1n) is 17.8. The van der Waals surface area contributed by atoms with Crippen LogP contribution in [0.4, 0.5) is 0 Å². The highest BCUT2D eigenvalue weighted by Gasteiger charge is 2.84. The van der Waals surface area contributed by atoms with Crippen LogP contribution in [0.2, 0.25) is 0 Å². The SMILES string of the molecule is CCOC([C@H]1C[C@@H](C)[C@H]2[C@H](O1)[C@H](O)[C@@]1(C)[C@@H]3CC[C@H]4C(C)(C)[C@@H](O[C@H]5CNCCO5)CC[C@@]45C[C@@]35CC[C@]21C)C(C)(C)O. The standard InChI is InChI=1S/C36H61NO6/c1-9-40-30(32(5,6)39)22-18-21(2)27-28(42-22)29(38)34(8)24-11-10-23-31(3,4)25(43-26-19-37-16-17-41-26)12-13-35(23)20-36(24,35)15-14-33(27,34)7/h21-30,37-39H,9-20H2,1-8H3/t21-,22-,23+,24+,25+,26+,27+,28+,29+,30?,33-,34-,35-,36+/m1/s1. The zero-order chi connectivity index (χ0) is 30.8. The van der Waals surface area contributed by atoms with Crippen molar-refractivity contribution in [2.45, 2.75) is 149 Å². The van der Waals surface area contributed by atoms with E-state index >= 15 is 0 Å². The fraction of sp³-hybridized carbons (Fsp3) is 1.00. The molecule has 3 N–H and O–H groups in total. The largest absolute Gasteiger partial charge is 0.390 e. The third-order valence-corrected chi connectivity index (χ3v) is 15.4. The minimum atomic E-state index is -1.00. The molecule has 246 valence electrons. The molecular formula is C36H61NO6. The molecule has 0 radical (unpaired) electrons. The fourth-order valence-electron chi connectivity index (χ4n) is 13.5. The van der Waals surface area contributed by atoms with Gasteiger partial charge >= 0.3 is 0 Å². The average molecular weight is 604 g/mol. The van der Waals surface area contributed by atoms with Gasteiger partial charge in [0.05, 0.1) is 36.6 Å². The minimum Gasteiger partial charge on any atom is -0.390 e. The third kappa shape index (κ3) is 4.10. The third-order valence-electron chi connectivity index (χ3n) is 15.4. The minimum absolute atomic E-state index is 0.0327. The van der Waals surface area contributed by atoms with E-state index in [0.717, 1.165) is 32.5 Å². The Labute approximate surface area is 260 Å². The summed E-state index contributed by atoms with van der Waals surface area (Å²) >= 11 is 0. The van der Waals surface area contributed by atoms with Crippen molar-refractivity contribution in [3.8, 4) is 0 Å². The number of hydrogen-bond acceptors (Lipinski definition) is 7. The van der Waals surface area contributed by atoms with Crippen LogP contribution in [0.25, 0.3) is 0 Å². The molecule has 0 aromatic rings. The first kappa shape index (κ1) is 31.3. The van der Waals surface area contributed by atoms with Gasteiger partial charge in [0.15, 0.2) is 6.29 Å². The second kappa shape index (κ2) is 10.1. The van der Waals surface area contributed by atoms with Gasteiger partial charge in [-0.3, -0.25) is 0 Å². The van der Waals surface area contributed by atoms with Gasteiger partial charge in [-0.15, -0.1) is 0 Å². The first-order valence-corrected chi connectivity index (χ1v) is 17.8. The van der Waals surface area contributed by atoms with Crippen LogP contribution < -0.4 is 5.32 Å². The maximum absolute atomic E-state index is 12.5. The first-order chi connectivity index (χ1) is 20.2. The van der Waals surface area contributed by atoms with Crippen LogP contribution in [0.15, 0.2) is 0 Å². The quantitative estimate of drug-likeness (QED) is 0.379. The Balaban J connectivity index is 1.16.